The summed E-state index contributed by atoms with van der Waals surface area (Å²) in [4.78, 5) is 27.3. The molecule has 0 fully saturated rings. The molecule has 0 heterocycles. The van der Waals surface area contributed by atoms with E-state index in [1.165, 1.54) is 24.1 Å². The summed E-state index contributed by atoms with van der Waals surface area (Å²) in [6, 6.07) is 12.5. The Hall–Kier alpha value is -2.42. The lowest BCUT2D eigenvalue weighted by Gasteiger charge is -2.30. The fourth-order valence-electron chi connectivity index (χ4n) is 3.03. The molecule has 0 aliphatic rings. The number of nitrogens with one attached hydrogen (secondary N) is 1. The number of rotatable bonds is 9. The smallest absolute Gasteiger partial charge is 0.243 e. The van der Waals surface area contributed by atoms with Crippen molar-refractivity contribution >= 4 is 33.4 Å². The van der Waals surface area contributed by atoms with Gasteiger partial charge in [0.2, 0.25) is 21.8 Å². The molecule has 0 radical (unpaired) electrons. The number of amides is 2. The van der Waals surface area contributed by atoms with Gasteiger partial charge in [-0.3, -0.25) is 9.59 Å². The molecule has 0 aromatic heterocycles. The maximum Gasteiger partial charge on any atom is 0.243 e. The maximum atomic E-state index is 13.2. The number of hydrogen-bond acceptors (Lipinski definition) is 4. The average molecular weight is 480 g/mol. The number of hydrogen-bond donors (Lipinski definition) is 1. The predicted octanol–water partition coefficient (Wildman–Crippen LogP) is 3.21. The van der Waals surface area contributed by atoms with Gasteiger partial charge in [-0.05, 0) is 57.5 Å². The molecule has 0 saturated heterocycles. The van der Waals surface area contributed by atoms with Gasteiger partial charge in [0.25, 0.3) is 0 Å². The number of carbonyl (C=O) groups is 2. The number of aryl methyl sites for hydroxylation is 1. The van der Waals surface area contributed by atoms with E-state index >= 15 is 0 Å². The van der Waals surface area contributed by atoms with Gasteiger partial charge in [-0.1, -0.05) is 41.4 Å². The average Bonchev–Trinajstić information content (AvgIpc) is 2.72. The molecule has 0 spiro atoms. The van der Waals surface area contributed by atoms with Crippen molar-refractivity contribution in [3.63, 3.8) is 0 Å². The van der Waals surface area contributed by atoms with Crippen LogP contribution in [0.5, 0.6) is 0 Å². The van der Waals surface area contributed by atoms with Gasteiger partial charge in [0.15, 0.2) is 0 Å². The second-order valence-corrected chi connectivity index (χ2v) is 10.5. The molecule has 0 aliphatic carbocycles. The molecule has 2 aromatic carbocycles. The molecule has 1 N–H and O–H groups in total. The lowest BCUT2D eigenvalue weighted by atomic mass is 10.1. The monoisotopic (exact) mass is 479 g/mol. The molecule has 1 atom stereocenters. The van der Waals surface area contributed by atoms with Crippen LogP contribution in [0.1, 0.15) is 31.9 Å². The van der Waals surface area contributed by atoms with Gasteiger partial charge in [0.05, 0.1) is 11.4 Å². The van der Waals surface area contributed by atoms with E-state index in [-0.39, 0.29) is 23.4 Å². The lowest BCUT2D eigenvalue weighted by Crippen LogP contribution is -2.51. The summed E-state index contributed by atoms with van der Waals surface area (Å²) in [6.07, 6.45) is 0. The third kappa shape index (κ3) is 6.79. The zero-order valence-corrected chi connectivity index (χ0v) is 20.6. The fraction of sp³-hybridized carbons (Fsp3) is 0.391. The second-order valence-electron chi connectivity index (χ2n) is 8.06. The van der Waals surface area contributed by atoms with Gasteiger partial charge in [-0.25, -0.2) is 8.42 Å². The Morgan fingerprint density at radius 2 is 1.56 bits per heavy atom. The van der Waals surface area contributed by atoms with Gasteiger partial charge >= 0.3 is 0 Å². The van der Waals surface area contributed by atoms with Crippen LogP contribution in [0.25, 0.3) is 0 Å². The first-order valence-electron chi connectivity index (χ1n) is 10.3. The van der Waals surface area contributed by atoms with Crippen LogP contribution in [-0.2, 0) is 26.2 Å². The van der Waals surface area contributed by atoms with Crippen LogP contribution in [0.2, 0.25) is 5.02 Å². The number of likely N-dealkylation sites (N-methyl/N-ethyl adjacent to an activating group) is 1. The number of nitrogens with zero attached hydrogens (tertiary/aromatic N) is 2. The van der Waals surface area contributed by atoms with E-state index in [1.54, 1.807) is 43.3 Å². The van der Waals surface area contributed by atoms with Crippen molar-refractivity contribution in [2.45, 2.75) is 51.2 Å². The standard InChI is InChI=1S/C23H30ClN3O4S/c1-16(2)25-23(29)18(4)27(14-19-8-10-20(24)11-9-19)22(28)15-26(5)32(30,31)21-12-6-17(3)7-13-21/h6-13,16,18H,14-15H2,1-5H3,(H,25,29). The van der Waals surface area contributed by atoms with Gasteiger partial charge in [-0.15, -0.1) is 0 Å². The normalized spacial score (nSPS) is 12.6. The summed E-state index contributed by atoms with van der Waals surface area (Å²) >= 11 is 5.95. The topological polar surface area (TPSA) is 86.8 Å². The van der Waals surface area contributed by atoms with Crippen LogP contribution >= 0.6 is 11.6 Å². The van der Waals surface area contributed by atoms with E-state index in [1.807, 2.05) is 20.8 Å². The van der Waals surface area contributed by atoms with Gasteiger partial charge in [-0.2, -0.15) is 4.31 Å². The molecule has 174 valence electrons. The van der Waals surface area contributed by atoms with Crippen LogP contribution in [0.4, 0.5) is 0 Å². The van der Waals surface area contributed by atoms with E-state index in [0.29, 0.717) is 5.02 Å². The van der Waals surface area contributed by atoms with Crippen LogP contribution in [0.3, 0.4) is 0 Å². The summed E-state index contributed by atoms with van der Waals surface area (Å²) in [6.45, 7) is 6.89. The Balaban J connectivity index is 2.26. The maximum absolute atomic E-state index is 13.2. The Morgan fingerprint density at radius 3 is 2.09 bits per heavy atom. The Bertz CT molecular complexity index is 1040. The minimum atomic E-state index is -3.86. The Kier molecular flexibility index (Phi) is 8.83. The molecule has 2 rings (SSSR count). The van der Waals surface area contributed by atoms with E-state index in [0.717, 1.165) is 15.4 Å². The molecular formula is C23H30ClN3O4S. The Morgan fingerprint density at radius 1 is 1.00 bits per heavy atom. The van der Waals surface area contributed by atoms with Gasteiger partial charge < -0.3 is 10.2 Å². The van der Waals surface area contributed by atoms with Gasteiger partial charge in [0, 0.05) is 24.7 Å². The van der Waals surface area contributed by atoms with Crippen LogP contribution in [0, 0.1) is 6.92 Å². The summed E-state index contributed by atoms with van der Waals surface area (Å²) in [5, 5.41) is 3.36. The highest BCUT2D eigenvalue weighted by atomic mass is 35.5. The molecule has 0 bridgehead atoms. The van der Waals surface area contributed by atoms with Crippen molar-refractivity contribution in [1.82, 2.24) is 14.5 Å². The number of benzene rings is 2. The van der Waals surface area contributed by atoms with Crippen molar-refractivity contribution < 1.29 is 18.0 Å². The van der Waals surface area contributed by atoms with Crippen molar-refractivity contribution in [2.75, 3.05) is 13.6 Å². The highest BCUT2D eigenvalue weighted by Crippen LogP contribution is 2.17. The van der Waals surface area contributed by atoms with Crippen molar-refractivity contribution in [1.29, 1.82) is 0 Å². The first-order valence-corrected chi connectivity index (χ1v) is 12.1. The Labute approximate surface area is 195 Å². The van der Waals surface area contributed by atoms with Gasteiger partial charge in [0.1, 0.15) is 6.04 Å². The highest BCUT2D eigenvalue weighted by molar-refractivity contribution is 7.89. The first-order chi connectivity index (χ1) is 14.9. The summed E-state index contributed by atoms with van der Waals surface area (Å²) < 4.78 is 26.8. The summed E-state index contributed by atoms with van der Waals surface area (Å²) in [5.41, 5.74) is 1.71. The van der Waals surface area contributed by atoms with Crippen LogP contribution in [0.15, 0.2) is 53.4 Å². The van der Waals surface area contributed by atoms with E-state index in [4.69, 9.17) is 11.6 Å². The molecule has 32 heavy (non-hydrogen) atoms. The minimum Gasteiger partial charge on any atom is -0.352 e. The third-order valence-electron chi connectivity index (χ3n) is 4.95. The number of halogens is 1. The van der Waals surface area contributed by atoms with E-state index < -0.39 is 28.5 Å². The molecule has 1 unspecified atom stereocenters. The lowest BCUT2D eigenvalue weighted by molar-refractivity contribution is -0.140. The zero-order chi connectivity index (χ0) is 24.1. The second kappa shape index (κ2) is 10.9. The number of sulfonamides is 1. The molecule has 2 aromatic rings. The summed E-state index contributed by atoms with van der Waals surface area (Å²) in [7, 11) is -2.51. The van der Waals surface area contributed by atoms with E-state index in [9.17, 15) is 18.0 Å². The molecule has 0 saturated carbocycles. The molecule has 7 nitrogen and oxygen atoms in total. The molecular weight excluding hydrogens is 450 g/mol. The summed E-state index contributed by atoms with van der Waals surface area (Å²) in [5.74, 6) is -0.795. The molecule has 2 amide bonds. The SMILES string of the molecule is Cc1ccc(S(=O)(=O)N(C)CC(=O)N(Cc2ccc(Cl)cc2)C(C)C(=O)NC(C)C)cc1. The molecule has 0 aliphatic heterocycles. The zero-order valence-electron chi connectivity index (χ0n) is 19.0. The fourth-order valence-corrected chi connectivity index (χ4v) is 4.28. The predicted molar refractivity (Wildman–Crippen MR) is 126 cm³/mol. The first kappa shape index (κ1) is 25.8. The van der Waals surface area contributed by atoms with Crippen LogP contribution < -0.4 is 5.32 Å². The third-order valence-corrected chi connectivity index (χ3v) is 7.02. The molecule has 9 heteroatoms. The van der Waals surface area contributed by atoms with Crippen LogP contribution in [-0.4, -0.2) is 55.1 Å². The number of carbonyl (C=O) groups excluding carboxylic acids is 2. The van der Waals surface area contributed by atoms with Crippen molar-refractivity contribution in [2.24, 2.45) is 0 Å². The largest absolute Gasteiger partial charge is 0.352 e. The van der Waals surface area contributed by atoms with Crippen molar-refractivity contribution in [3.8, 4) is 0 Å². The van der Waals surface area contributed by atoms with Crippen molar-refractivity contribution in [3.05, 3.63) is 64.7 Å². The highest BCUT2D eigenvalue weighted by Gasteiger charge is 2.30. The van der Waals surface area contributed by atoms with E-state index in [2.05, 4.69) is 5.32 Å². The quantitative estimate of drug-likeness (QED) is 0.598. The minimum absolute atomic E-state index is 0.0953.